The summed E-state index contributed by atoms with van der Waals surface area (Å²) in [5.74, 6) is 1.11. The molecule has 0 spiro atoms. The molecule has 1 aliphatic rings. The van der Waals surface area contributed by atoms with Crippen LogP contribution in [0.5, 0.6) is 5.75 Å². The predicted octanol–water partition coefficient (Wildman–Crippen LogP) is 2.61. The van der Waals surface area contributed by atoms with E-state index in [4.69, 9.17) is 4.74 Å². The number of nitro benzene ring substituents is 1. The van der Waals surface area contributed by atoms with Crippen LogP contribution in [0.1, 0.15) is 20.3 Å². The largest absolute Gasteiger partial charge is 0.483 e. The van der Waals surface area contributed by atoms with Gasteiger partial charge in [0.05, 0.1) is 4.92 Å². The quantitative estimate of drug-likeness (QED) is 0.656. The number of nitrogens with one attached hydrogen (secondary N) is 1. The van der Waals surface area contributed by atoms with Crippen molar-refractivity contribution in [2.24, 2.45) is 11.8 Å². The molecule has 0 radical (unpaired) electrons. The molecular formula is C14H20N2O3. The van der Waals surface area contributed by atoms with Gasteiger partial charge in [0.25, 0.3) is 0 Å². The molecule has 0 aliphatic carbocycles. The van der Waals surface area contributed by atoms with Crippen LogP contribution in [0, 0.1) is 22.0 Å². The molecule has 0 aromatic heterocycles. The lowest BCUT2D eigenvalue weighted by Crippen LogP contribution is -2.33. The van der Waals surface area contributed by atoms with Crippen molar-refractivity contribution in [1.29, 1.82) is 0 Å². The molecule has 0 amide bonds. The molecule has 1 unspecified atom stereocenters. The Morgan fingerprint density at radius 2 is 2.16 bits per heavy atom. The third kappa shape index (κ3) is 3.23. The third-order valence-corrected chi connectivity index (χ3v) is 3.55. The van der Waals surface area contributed by atoms with E-state index in [-0.39, 0.29) is 16.7 Å². The van der Waals surface area contributed by atoms with E-state index in [0.29, 0.717) is 17.6 Å². The van der Waals surface area contributed by atoms with Crippen molar-refractivity contribution < 1.29 is 9.66 Å². The highest BCUT2D eigenvalue weighted by Crippen LogP contribution is 2.31. The van der Waals surface area contributed by atoms with Gasteiger partial charge in [-0.2, -0.15) is 0 Å². The highest BCUT2D eigenvalue weighted by molar-refractivity contribution is 5.45. The van der Waals surface area contributed by atoms with E-state index in [1.54, 1.807) is 18.2 Å². The van der Waals surface area contributed by atoms with E-state index in [0.717, 1.165) is 19.5 Å². The third-order valence-electron chi connectivity index (χ3n) is 3.55. The van der Waals surface area contributed by atoms with E-state index in [9.17, 15) is 10.1 Å². The van der Waals surface area contributed by atoms with Gasteiger partial charge in [-0.1, -0.05) is 26.0 Å². The Hall–Kier alpha value is -1.62. The topological polar surface area (TPSA) is 64.4 Å². The number of rotatable bonds is 5. The van der Waals surface area contributed by atoms with Gasteiger partial charge in [-0.05, 0) is 24.9 Å². The zero-order valence-electron chi connectivity index (χ0n) is 11.3. The maximum Gasteiger partial charge on any atom is 0.310 e. The Morgan fingerprint density at radius 3 is 2.74 bits per heavy atom. The lowest BCUT2D eigenvalue weighted by Gasteiger charge is -2.27. The standard InChI is InChI=1S/C14H20N2O3/c1-10(2)14(11-7-8-15-9-11)19-13-6-4-3-5-12(13)16(17)18/h3-6,10-11,14-15H,7-9H2,1-2H3/t11?,14-/m0/s1. The summed E-state index contributed by atoms with van der Waals surface area (Å²) in [5.41, 5.74) is 0.0408. The van der Waals surface area contributed by atoms with Crippen LogP contribution in [-0.2, 0) is 0 Å². The van der Waals surface area contributed by atoms with Gasteiger partial charge in [0.2, 0.25) is 0 Å². The summed E-state index contributed by atoms with van der Waals surface area (Å²) in [7, 11) is 0. The normalized spacial score (nSPS) is 20.5. The first-order chi connectivity index (χ1) is 9.09. The molecule has 2 atom stereocenters. The summed E-state index contributed by atoms with van der Waals surface area (Å²) in [4.78, 5) is 10.6. The summed E-state index contributed by atoms with van der Waals surface area (Å²) in [6.45, 7) is 6.10. The van der Waals surface area contributed by atoms with Crippen LogP contribution in [0.3, 0.4) is 0 Å². The van der Waals surface area contributed by atoms with Crippen molar-refractivity contribution in [3.8, 4) is 5.75 Å². The first-order valence-electron chi connectivity index (χ1n) is 6.70. The fraction of sp³-hybridized carbons (Fsp3) is 0.571. The second-order valence-corrected chi connectivity index (χ2v) is 5.30. The Morgan fingerprint density at radius 1 is 1.42 bits per heavy atom. The molecule has 1 aromatic rings. The summed E-state index contributed by atoms with van der Waals surface area (Å²) in [6, 6.07) is 6.59. The SMILES string of the molecule is CC(C)[C@H](Oc1ccccc1[N+](=O)[O-])C1CCNC1. The molecule has 0 saturated carbocycles. The minimum Gasteiger partial charge on any atom is -0.483 e. The molecule has 104 valence electrons. The predicted molar refractivity (Wildman–Crippen MR) is 73.3 cm³/mol. The van der Waals surface area contributed by atoms with Crippen LogP contribution in [0.15, 0.2) is 24.3 Å². The average Bonchev–Trinajstić information content (AvgIpc) is 2.89. The van der Waals surface area contributed by atoms with Gasteiger partial charge in [0.15, 0.2) is 5.75 Å². The lowest BCUT2D eigenvalue weighted by atomic mass is 9.92. The van der Waals surface area contributed by atoms with Crippen molar-refractivity contribution in [1.82, 2.24) is 5.32 Å². The molecule has 1 N–H and O–H groups in total. The molecule has 1 heterocycles. The summed E-state index contributed by atoms with van der Waals surface area (Å²) >= 11 is 0. The van der Waals surface area contributed by atoms with E-state index in [1.165, 1.54) is 6.07 Å². The molecule has 1 aromatic carbocycles. The number of nitrogens with zero attached hydrogens (tertiary/aromatic N) is 1. The van der Waals surface area contributed by atoms with Crippen LogP contribution >= 0.6 is 0 Å². The van der Waals surface area contributed by atoms with E-state index >= 15 is 0 Å². The van der Waals surface area contributed by atoms with Crippen LogP contribution in [-0.4, -0.2) is 24.1 Å². The number of para-hydroxylation sites is 2. The van der Waals surface area contributed by atoms with Gasteiger partial charge in [0.1, 0.15) is 6.10 Å². The minimum atomic E-state index is -0.389. The van der Waals surface area contributed by atoms with Gasteiger partial charge in [-0.3, -0.25) is 10.1 Å². The molecule has 19 heavy (non-hydrogen) atoms. The molecule has 5 heteroatoms. The molecule has 5 nitrogen and oxygen atoms in total. The van der Waals surface area contributed by atoms with Crippen molar-refractivity contribution in [2.45, 2.75) is 26.4 Å². The number of benzene rings is 1. The number of hydrogen-bond acceptors (Lipinski definition) is 4. The van der Waals surface area contributed by atoms with Crippen molar-refractivity contribution in [3.05, 3.63) is 34.4 Å². The number of hydrogen-bond donors (Lipinski definition) is 1. The highest BCUT2D eigenvalue weighted by Gasteiger charge is 2.30. The van der Waals surface area contributed by atoms with Gasteiger partial charge in [-0.15, -0.1) is 0 Å². The fourth-order valence-corrected chi connectivity index (χ4v) is 2.59. The second-order valence-electron chi connectivity index (χ2n) is 5.30. The smallest absolute Gasteiger partial charge is 0.310 e. The van der Waals surface area contributed by atoms with Gasteiger partial charge < -0.3 is 10.1 Å². The Kier molecular flexibility index (Phi) is 4.37. The Balaban J connectivity index is 2.19. The lowest BCUT2D eigenvalue weighted by molar-refractivity contribution is -0.386. The minimum absolute atomic E-state index is 0.0103. The van der Waals surface area contributed by atoms with Crippen molar-refractivity contribution in [2.75, 3.05) is 13.1 Å². The Bertz CT molecular complexity index is 442. The zero-order chi connectivity index (χ0) is 13.8. The second kappa shape index (κ2) is 6.02. The first kappa shape index (κ1) is 13.8. The highest BCUT2D eigenvalue weighted by atomic mass is 16.6. The van der Waals surface area contributed by atoms with Crippen molar-refractivity contribution >= 4 is 5.69 Å². The molecular weight excluding hydrogens is 244 g/mol. The van der Waals surface area contributed by atoms with E-state index < -0.39 is 0 Å². The van der Waals surface area contributed by atoms with Crippen molar-refractivity contribution in [3.63, 3.8) is 0 Å². The Labute approximate surface area is 113 Å². The molecule has 1 fully saturated rings. The maximum atomic E-state index is 11.0. The van der Waals surface area contributed by atoms with E-state index in [1.807, 2.05) is 0 Å². The van der Waals surface area contributed by atoms with Crippen LogP contribution in [0.2, 0.25) is 0 Å². The number of ether oxygens (including phenoxy) is 1. The molecule has 2 rings (SSSR count). The van der Waals surface area contributed by atoms with Crippen LogP contribution < -0.4 is 10.1 Å². The molecule has 1 aliphatic heterocycles. The molecule has 0 bridgehead atoms. The van der Waals surface area contributed by atoms with Crippen LogP contribution in [0.25, 0.3) is 0 Å². The maximum absolute atomic E-state index is 11.0. The monoisotopic (exact) mass is 264 g/mol. The zero-order valence-corrected chi connectivity index (χ0v) is 11.3. The van der Waals surface area contributed by atoms with Gasteiger partial charge in [0, 0.05) is 18.5 Å². The summed E-state index contributed by atoms with van der Waals surface area (Å²) in [5, 5.41) is 14.3. The summed E-state index contributed by atoms with van der Waals surface area (Å²) < 4.78 is 5.97. The average molecular weight is 264 g/mol. The number of nitro groups is 1. The van der Waals surface area contributed by atoms with Gasteiger partial charge in [-0.25, -0.2) is 0 Å². The fourth-order valence-electron chi connectivity index (χ4n) is 2.59. The first-order valence-corrected chi connectivity index (χ1v) is 6.70. The van der Waals surface area contributed by atoms with Crippen LogP contribution in [0.4, 0.5) is 5.69 Å². The summed E-state index contributed by atoms with van der Waals surface area (Å²) in [6.07, 6.45) is 1.07. The molecule has 1 saturated heterocycles. The van der Waals surface area contributed by atoms with Gasteiger partial charge >= 0.3 is 5.69 Å². The van der Waals surface area contributed by atoms with E-state index in [2.05, 4.69) is 19.2 Å².